The molecule has 2 aromatic rings. The van der Waals surface area contributed by atoms with Gasteiger partial charge in [-0.25, -0.2) is 0 Å². The molecule has 1 fully saturated rings. The molecule has 1 aromatic carbocycles. The Labute approximate surface area is 153 Å². The summed E-state index contributed by atoms with van der Waals surface area (Å²) in [6.45, 7) is 0. The average molecular weight is 401 g/mol. The first-order valence-corrected chi connectivity index (χ1v) is 7.67. The summed E-state index contributed by atoms with van der Waals surface area (Å²) >= 11 is 4.69. The van der Waals surface area contributed by atoms with Crippen LogP contribution < -0.4 is 16.0 Å². The molecular weight excluding hydrogens is 391 g/mol. The number of benzene rings is 1. The minimum atomic E-state index is -4.75. The van der Waals surface area contributed by atoms with Gasteiger partial charge in [0.2, 0.25) is 17.6 Å². The molecule has 142 valence electrons. The highest BCUT2D eigenvalue weighted by Gasteiger charge is 2.39. The molecule has 0 radical (unpaired) electrons. The monoisotopic (exact) mass is 401 g/mol. The number of thiocarbonyl (C=S) groups is 1. The van der Waals surface area contributed by atoms with E-state index in [1.807, 2.05) is 0 Å². The number of amides is 2. The average Bonchev–Trinajstić information content (AvgIpc) is 3.04. The second-order valence-electron chi connectivity index (χ2n) is 5.37. The topological polar surface area (TPSA) is 129 Å². The molecule has 0 bridgehead atoms. The lowest BCUT2D eigenvalue weighted by atomic mass is 10.0. The van der Waals surface area contributed by atoms with Gasteiger partial charge in [-0.15, -0.1) is 0 Å². The first-order valence-electron chi connectivity index (χ1n) is 7.27. The molecule has 27 heavy (non-hydrogen) atoms. The van der Waals surface area contributed by atoms with Crippen molar-refractivity contribution in [2.75, 3.05) is 5.32 Å². The number of halogens is 3. The predicted octanol–water partition coefficient (Wildman–Crippen LogP) is 0.633. The van der Waals surface area contributed by atoms with Crippen LogP contribution in [0.2, 0.25) is 0 Å². The third kappa shape index (κ3) is 4.03. The van der Waals surface area contributed by atoms with Crippen molar-refractivity contribution in [2.24, 2.45) is 5.92 Å². The smallest absolute Gasteiger partial charge is 0.372 e. The van der Waals surface area contributed by atoms with Gasteiger partial charge in [0, 0.05) is 11.3 Å². The van der Waals surface area contributed by atoms with Gasteiger partial charge in [0.1, 0.15) is 6.23 Å². The number of carbonyl (C=O) groups excluding carboxylic acids is 2. The summed E-state index contributed by atoms with van der Waals surface area (Å²) in [5.74, 6) is -4.77. The SMILES string of the molecule is O=C1NC(=S)NC(O)C1C(=O)Nc1ccc(-c2noc(C(F)(F)F)n2)cc1. The van der Waals surface area contributed by atoms with E-state index in [0.29, 0.717) is 0 Å². The van der Waals surface area contributed by atoms with E-state index in [1.54, 1.807) is 0 Å². The van der Waals surface area contributed by atoms with Crippen LogP contribution >= 0.6 is 12.2 Å². The maximum atomic E-state index is 12.5. The molecule has 2 unspecified atom stereocenters. The molecule has 4 N–H and O–H groups in total. The molecule has 0 saturated carbocycles. The molecule has 1 aromatic heterocycles. The summed E-state index contributed by atoms with van der Waals surface area (Å²) in [6.07, 6.45) is -6.25. The minimum absolute atomic E-state index is 0.0979. The molecule has 2 amide bonds. The molecule has 1 aliphatic rings. The number of nitrogens with zero attached hydrogens (tertiary/aromatic N) is 2. The Hall–Kier alpha value is -3.06. The van der Waals surface area contributed by atoms with Gasteiger partial charge in [-0.3, -0.25) is 9.59 Å². The molecule has 2 atom stereocenters. The molecule has 0 spiro atoms. The second-order valence-corrected chi connectivity index (χ2v) is 5.78. The van der Waals surface area contributed by atoms with Crippen molar-refractivity contribution in [3.63, 3.8) is 0 Å². The maximum Gasteiger partial charge on any atom is 0.471 e. The molecule has 1 aliphatic heterocycles. The highest BCUT2D eigenvalue weighted by atomic mass is 32.1. The van der Waals surface area contributed by atoms with Crippen molar-refractivity contribution in [1.82, 2.24) is 20.8 Å². The lowest BCUT2D eigenvalue weighted by molar-refractivity contribution is -0.159. The van der Waals surface area contributed by atoms with E-state index in [9.17, 15) is 27.9 Å². The maximum absolute atomic E-state index is 12.5. The van der Waals surface area contributed by atoms with Gasteiger partial charge in [0.15, 0.2) is 11.0 Å². The number of carbonyl (C=O) groups is 2. The number of alkyl halides is 3. The fraction of sp³-hybridized carbons (Fsp3) is 0.214. The van der Waals surface area contributed by atoms with E-state index in [1.165, 1.54) is 24.3 Å². The van der Waals surface area contributed by atoms with Crippen LogP contribution in [0.25, 0.3) is 11.4 Å². The van der Waals surface area contributed by atoms with Crippen LogP contribution in [0, 0.1) is 5.92 Å². The minimum Gasteiger partial charge on any atom is -0.372 e. The fourth-order valence-electron chi connectivity index (χ4n) is 2.23. The van der Waals surface area contributed by atoms with Crippen LogP contribution in [-0.2, 0) is 15.8 Å². The van der Waals surface area contributed by atoms with Crippen molar-refractivity contribution in [2.45, 2.75) is 12.4 Å². The molecule has 3 rings (SSSR count). The first-order chi connectivity index (χ1) is 12.6. The highest BCUT2D eigenvalue weighted by molar-refractivity contribution is 7.80. The Morgan fingerprint density at radius 2 is 1.96 bits per heavy atom. The lowest BCUT2D eigenvalue weighted by Crippen LogP contribution is -2.61. The van der Waals surface area contributed by atoms with Gasteiger partial charge in [0.25, 0.3) is 0 Å². The molecule has 0 aliphatic carbocycles. The van der Waals surface area contributed by atoms with Crippen molar-refractivity contribution in [1.29, 1.82) is 0 Å². The van der Waals surface area contributed by atoms with Gasteiger partial charge in [-0.2, -0.15) is 18.2 Å². The Kier molecular flexibility index (Phi) is 4.80. The van der Waals surface area contributed by atoms with Crippen molar-refractivity contribution in [3.05, 3.63) is 30.2 Å². The third-order valence-electron chi connectivity index (χ3n) is 3.48. The zero-order valence-electron chi connectivity index (χ0n) is 13.1. The van der Waals surface area contributed by atoms with E-state index in [0.717, 1.165) is 0 Å². The Morgan fingerprint density at radius 3 is 2.52 bits per heavy atom. The van der Waals surface area contributed by atoms with Crippen LogP contribution in [0.5, 0.6) is 0 Å². The Balaban J connectivity index is 1.70. The van der Waals surface area contributed by atoms with E-state index in [4.69, 9.17) is 0 Å². The summed E-state index contributed by atoms with van der Waals surface area (Å²) in [7, 11) is 0. The molecule has 13 heteroatoms. The Bertz CT molecular complexity index is 899. The van der Waals surface area contributed by atoms with Crippen LogP contribution in [0.15, 0.2) is 28.8 Å². The van der Waals surface area contributed by atoms with Crippen LogP contribution in [-0.4, -0.2) is 38.4 Å². The van der Waals surface area contributed by atoms with E-state index < -0.39 is 36.0 Å². The number of rotatable bonds is 3. The van der Waals surface area contributed by atoms with E-state index >= 15 is 0 Å². The number of hydrogen-bond donors (Lipinski definition) is 4. The summed E-state index contributed by atoms with van der Waals surface area (Å²) < 4.78 is 41.6. The van der Waals surface area contributed by atoms with E-state index in [-0.39, 0.29) is 22.2 Å². The summed E-state index contributed by atoms with van der Waals surface area (Å²) in [6, 6.07) is 5.43. The molecular formula is C14H10F3N5O4S. The standard InChI is InChI=1S/C14H10F3N5O4S/c15-14(16,17)12-19-8(22-26-12)5-1-3-6(4-2-5)18-9(23)7-10(24)20-13(27)21-11(7)25/h1-4,7,10,24H,(H,18,23)(H2,20,21,25,27). The Morgan fingerprint density at radius 1 is 1.30 bits per heavy atom. The molecule has 9 nitrogen and oxygen atoms in total. The van der Waals surface area contributed by atoms with Crippen molar-refractivity contribution < 1.29 is 32.4 Å². The number of nitrogens with one attached hydrogen (secondary N) is 3. The van der Waals surface area contributed by atoms with Crippen LogP contribution in [0.4, 0.5) is 18.9 Å². The number of aliphatic hydroxyl groups is 1. The number of aliphatic hydroxyl groups excluding tert-OH is 1. The van der Waals surface area contributed by atoms with Gasteiger partial charge in [-0.1, -0.05) is 5.16 Å². The van der Waals surface area contributed by atoms with Gasteiger partial charge < -0.3 is 25.6 Å². The quantitative estimate of drug-likeness (QED) is 0.436. The van der Waals surface area contributed by atoms with Gasteiger partial charge in [-0.05, 0) is 36.5 Å². The third-order valence-corrected chi connectivity index (χ3v) is 3.70. The van der Waals surface area contributed by atoms with Gasteiger partial charge >= 0.3 is 12.1 Å². The highest BCUT2D eigenvalue weighted by Crippen LogP contribution is 2.29. The second kappa shape index (κ2) is 6.92. The van der Waals surface area contributed by atoms with E-state index in [2.05, 4.69) is 42.8 Å². The summed E-state index contributed by atoms with van der Waals surface area (Å²) in [4.78, 5) is 27.2. The predicted molar refractivity (Wildman–Crippen MR) is 86.7 cm³/mol. The summed E-state index contributed by atoms with van der Waals surface area (Å²) in [5, 5.41) is 19.9. The molecule has 1 saturated heterocycles. The normalized spacial score (nSPS) is 20.0. The van der Waals surface area contributed by atoms with Crippen LogP contribution in [0.3, 0.4) is 0 Å². The number of anilines is 1. The lowest BCUT2D eigenvalue weighted by Gasteiger charge is -2.28. The number of hydrogen-bond acceptors (Lipinski definition) is 7. The largest absolute Gasteiger partial charge is 0.471 e. The molecule has 2 heterocycles. The zero-order chi connectivity index (χ0) is 19.8. The number of aromatic nitrogens is 2. The summed E-state index contributed by atoms with van der Waals surface area (Å²) in [5.41, 5.74) is 0.450. The van der Waals surface area contributed by atoms with Gasteiger partial charge in [0.05, 0.1) is 0 Å². The first kappa shape index (κ1) is 18.7. The fourth-order valence-corrected chi connectivity index (χ4v) is 2.45. The van der Waals surface area contributed by atoms with Crippen LogP contribution in [0.1, 0.15) is 5.89 Å². The van der Waals surface area contributed by atoms with Crippen molar-refractivity contribution in [3.8, 4) is 11.4 Å². The zero-order valence-corrected chi connectivity index (χ0v) is 13.9. The van der Waals surface area contributed by atoms with Crippen molar-refractivity contribution >= 4 is 34.8 Å².